The zero-order valence-corrected chi connectivity index (χ0v) is 12.0. The van der Waals surface area contributed by atoms with E-state index >= 15 is 0 Å². The Balaban J connectivity index is 2.01. The number of hydrogen-bond donors (Lipinski definition) is 0. The molecule has 0 amide bonds. The van der Waals surface area contributed by atoms with E-state index in [2.05, 4.69) is 36.2 Å². The van der Waals surface area contributed by atoms with Gasteiger partial charge in [-0.15, -0.1) is 0 Å². The molecule has 3 heteroatoms. The first-order valence-corrected chi connectivity index (χ1v) is 7.17. The quantitative estimate of drug-likeness (QED) is 0.736. The molecule has 2 atom stereocenters. The molecule has 1 aromatic carbocycles. The lowest BCUT2D eigenvalue weighted by molar-refractivity contribution is -0.0835. The molecule has 1 saturated heterocycles. The van der Waals surface area contributed by atoms with Gasteiger partial charge in [0.2, 0.25) is 0 Å². The monoisotopic (exact) mass is 263 g/mol. The summed E-state index contributed by atoms with van der Waals surface area (Å²) in [7, 11) is 3.90. The van der Waals surface area contributed by atoms with Crippen molar-refractivity contribution in [3.05, 3.63) is 35.9 Å². The van der Waals surface area contributed by atoms with E-state index < -0.39 is 0 Å². The van der Waals surface area contributed by atoms with Crippen LogP contribution in [0.25, 0.3) is 0 Å². The maximum atomic E-state index is 5.88. The normalized spacial score (nSPS) is 22.3. The minimum Gasteiger partial charge on any atom is -0.359 e. The molecule has 0 N–H and O–H groups in total. The van der Waals surface area contributed by atoms with E-state index in [4.69, 9.17) is 9.47 Å². The Morgan fingerprint density at radius 2 is 2.05 bits per heavy atom. The molecule has 1 aliphatic rings. The van der Waals surface area contributed by atoms with Crippen LogP contribution in [0.15, 0.2) is 30.3 Å². The topological polar surface area (TPSA) is 21.7 Å². The van der Waals surface area contributed by atoms with E-state index in [1.165, 1.54) is 31.4 Å². The molecule has 0 saturated carbocycles. The molecule has 0 bridgehead atoms. The number of piperidine rings is 1. The molecule has 0 aromatic heterocycles. The van der Waals surface area contributed by atoms with Gasteiger partial charge in [0.1, 0.15) is 6.79 Å². The van der Waals surface area contributed by atoms with Crippen LogP contribution < -0.4 is 0 Å². The number of nitrogens with zero attached hydrogens (tertiary/aromatic N) is 1. The third-order valence-electron chi connectivity index (χ3n) is 3.97. The van der Waals surface area contributed by atoms with Crippen LogP contribution in [0.1, 0.15) is 37.4 Å². The smallest absolute Gasteiger partial charge is 0.147 e. The number of methoxy groups -OCH3 is 1. The maximum absolute atomic E-state index is 5.88. The molecule has 106 valence electrons. The van der Waals surface area contributed by atoms with Gasteiger partial charge in [0.25, 0.3) is 0 Å². The van der Waals surface area contributed by atoms with Crippen molar-refractivity contribution in [1.82, 2.24) is 4.90 Å². The summed E-state index contributed by atoms with van der Waals surface area (Å²) in [5.41, 5.74) is 1.25. The van der Waals surface area contributed by atoms with E-state index in [-0.39, 0.29) is 6.10 Å². The Bertz CT molecular complexity index is 355. The minimum atomic E-state index is 0.131. The number of likely N-dealkylation sites (tertiary alicyclic amines) is 1. The Morgan fingerprint density at radius 1 is 1.26 bits per heavy atom. The van der Waals surface area contributed by atoms with Gasteiger partial charge in [-0.05, 0) is 38.4 Å². The first kappa shape index (κ1) is 14.5. The Labute approximate surface area is 116 Å². The summed E-state index contributed by atoms with van der Waals surface area (Å²) >= 11 is 0. The van der Waals surface area contributed by atoms with Crippen LogP contribution in [0.2, 0.25) is 0 Å². The zero-order chi connectivity index (χ0) is 13.5. The Kier molecular flexibility index (Phi) is 5.83. The van der Waals surface area contributed by atoms with Crippen LogP contribution in [0.3, 0.4) is 0 Å². The molecule has 0 unspecified atom stereocenters. The summed E-state index contributed by atoms with van der Waals surface area (Å²) in [6, 6.07) is 11.1. The fourth-order valence-electron chi connectivity index (χ4n) is 2.81. The van der Waals surface area contributed by atoms with Crippen LogP contribution in [0.5, 0.6) is 0 Å². The van der Waals surface area contributed by atoms with Gasteiger partial charge in [-0.2, -0.15) is 0 Å². The molecule has 2 rings (SSSR count). The molecule has 0 aliphatic carbocycles. The molecule has 1 aromatic rings. The molecule has 0 spiro atoms. The van der Waals surface area contributed by atoms with Crippen molar-refractivity contribution >= 4 is 0 Å². The van der Waals surface area contributed by atoms with Gasteiger partial charge in [-0.1, -0.05) is 36.8 Å². The van der Waals surface area contributed by atoms with Crippen LogP contribution in [0.4, 0.5) is 0 Å². The standard InChI is InChI=1S/C16H25NO2/c1-17-11-7-6-10-15(17)12-16(19-13-18-2)14-8-4-3-5-9-14/h3-5,8-9,15-16H,6-7,10-13H2,1-2H3/t15-,16-/m1/s1. The van der Waals surface area contributed by atoms with Gasteiger partial charge < -0.3 is 14.4 Å². The van der Waals surface area contributed by atoms with Crippen LogP contribution in [-0.4, -0.2) is 38.4 Å². The first-order chi connectivity index (χ1) is 9.31. The van der Waals surface area contributed by atoms with E-state index in [0.29, 0.717) is 12.8 Å². The van der Waals surface area contributed by atoms with Crippen LogP contribution in [-0.2, 0) is 9.47 Å². The predicted octanol–water partition coefficient (Wildman–Crippen LogP) is 3.22. The minimum absolute atomic E-state index is 0.131. The van der Waals surface area contributed by atoms with Crippen LogP contribution >= 0.6 is 0 Å². The second kappa shape index (κ2) is 7.63. The summed E-state index contributed by atoms with van der Waals surface area (Å²) in [6.07, 6.45) is 5.11. The molecule has 3 nitrogen and oxygen atoms in total. The van der Waals surface area contributed by atoms with Crippen molar-refractivity contribution in [3.63, 3.8) is 0 Å². The highest BCUT2D eigenvalue weighted by atomic mass is 16.7. The third-order valence-corrected chi connectivity index (χ3v) is 3.97. The highest BCUT2D eigenvalue weighted by Crippen LogP contribution is 2.28. The van der Waals surface area contributed by atoms with E-state index in [9.17, 15) is 0 Å². The van der Waals surface area contributed by atoms with Crippen LogP contribution in [0, 0.1) is 0 Å². The Morgan fingerprint density at radius 3 is 2.74 bits per heavy atom. The zero-order valence-electron chi connectivity index (χ0n) is 12.0. The third kappa shape index (κ3) is 4.30. The fraction of sp³-hybridized carbons (Fsp3) is 0.625. The summed E-state index contributed by atoms with van der Waals surface area (Å²) in [4.78, 5) is 2.47. The molecular weight excluding hydrogens is 238 g/mol. The largest absolute Gasteiger partial charge is 0.359 e. The molecule has 1 fully saturated rings. The molecule has 1 heterocycles. The van der Waals surface area contributed by atoms with E-state index in [1.54, 1.807) is 7.11 Å². The van der Waals surface area contributed by atoms with Crippen molar-refractivity contribution in [2.24, 2.45) is 0 Å². The van der Waals surface area contributed by atoms with Crippen molar-refractivity contribution < 1.29 is 9.47 Å². The van der Waals surface area contributed by atoms with Gasteiger partial charge in [-0.25, -0.2) is 0 Å². The van der Waals surface area contributed by atoms with Crippen molar-refractivity contribution in [2.75, 3.05) is 27.5 Å². The molecule has 0 radical (unpaired) electrons. The predicted molar refractivity (Wildman–Crippen MR) is 77.0 cm³/mol. The SMILES string of the molecule is COCO[C@H](C[C@H]1CCCCN1C)c1ccccc1. The lowest BCUT2D eigenvalue weighted by Gasteiger charge is -2.34. The van der Waals surface area contributed by atoms with Gasteiger partial charge in [0.05, 0.1) is 6.10 Å². The second-order valence-corrected chi connectivity index (χ2v) is 5.34. The Hall–Kier alpha value is -0.900. The highest BCUT2D eigenvalue weighted by molar-refractivity contribution is 5.17. The second-order valence-electron chi connectivity index (χ2n) is 5.34. The number of ether oxygens (including phenoxy) is 2. The van der Waals surface area contributed by atoms with Crippen molar-refractivity contribution in [1.29, 1.82) is 0 Å². The van der Waals surface area contributed by atoms with E-state index in [0.717, 1.165) is 6.42 Å². The average Bonchev–Trinajstić information content (AvgIpc) is 2.46. The van der Waals surface area contributed by atoms with E-state index in [1.807, 2.05) is 6.07 Å². The maximum Gasteiger partial charge on any atom is 0.147 e. The molecular formula is C16H25NO2. The highest BCUT2D eigenvalue weighted by Gasteiger charge is 2.24. The van der Waals surface area contributed by atoms with Crippen molar-refractivity contribution in [2.45, 2.75) is 37.8 Å². The van der Waals surface area contributed by atoms with Gasteiger partial charge >= 0.3 is 0 Å². The summed E-state index contributed by atoms with van der Waals surface area (Å²) in [5, 5.41) is 0. The summed E-state index contributed by atoms with van der Waals surface area (Å²) in [6.45, 7) is 1.56. The number of hydrogen-bond acceptors (Lipinski definition) is 3. The van der Waals surface area contributed by atoms with Gasteiger partial charge in [-0.3, -0.25) is 0 Å². The van der Waals surface area contributed by atoms with Gasteiger partial charge in [0.15, 0.2) is 0 Å². The lowest BCUT2D eigenvalue weighted by atomic mass is 9.94. The molecule has 1 aliphatic heterocycles. The first-order valence-electron chi connectivity index (χ1n) is 7.17. The molecule has 19 heavy (non-hydrogen) atoms. The summed E-state index contributed by atoms with van der Waals surface area (Å²) in [5.74, 6) is 0. The fourth-order valence-corrected chi connectivity index (χ4v) is 2.81. The number of rotatable bonds is 6. The van der Waals surface area contributed by atoms with Crippen molar-refractivity contribution in [3.8, 4) is 0 Å². The van der Waals surface area contributed by atoms with Gasteiger partial charge in [0, 0.05) is 13.2 Å². The lowest BCUT2D eigenvalue weighted by Crippen LogP contribution is -2.37. The summed E-state index contributed by atoms with van der Waals surface area (Å²) < 4.78 is 11.0. The average molecular weight is 263 g/mol. The number of benzene rings is 1.